The molecule has 0 radical (unpaired) electrons. The summed E-state index contributed by atoms with van der Waals surface area (Å²) < 4.78 is 25.7. The molecule has 2 rings (SSSR count). The maximum atomic E-state index is 12.6. The van der Waals surface area contributed by atoms with E-state index in [0.29, 0.717) is 23.9 Å². The Morgan fingerprint density at radius 3 is 2.43 bits per heavy atom. The van der Waals surface area contributed by atoms with Gasteiger partial charge in [-0.2, -0.15) is 0 Å². The summed E-state index contributed by atoms with van der Waals surface area (Å²) in [6.07, 6.45) is 1.73. The molecule has 1 amide bonds. The molecule has 23 heavy (non-hydrogen) atoms. The molecule has 1 atom stereocenters. The maximum absolute atomic E-state index is 12.6. The molecule has 0 aromatic carbocycles. The van der Waals surface area contributed by atoms with Crippen LogP contribution in [0.15, 0.2) is 16.3 Å². The zero-order valence-corrected chi connectivity index (χ0v) is 16.0. The van der Waals surface area contributed by atoms with Gasteiger partial charge in [0.15, 0.2) is 0 Å². The summed E-state index contributed by atoms with van der Waals surface area (Å²) in [5.41, 5.74) is 5.91. The van der Waals surface area contributed by atoms with E-state index in [0.717, 1.165) is 17.1 Å². The molecule has 9 heteroatoms. The Kier molecular flexibility index (Phi) is 7.03. The van der Waals surface area contributed by atoms with Crippen LogP contribution in [-0.2, 0) is 10.0 Å². The minimum absolute atomic E-state index is 0. The number of carbonyl (C=O) groups is 1. The van der Waals surface area contributed by atoms with E-state index in [1.54, 1.807) is 10.3 Å². The summed E-state index contributed by atoms with van der Waals surface area (Å²) >= 11 is 1.18. The fraction of sp³-hybridized carbons (Fsp3) is 0.643. The van der Waals surface area contributed by atoms with Gasteiger partial charge in [-0.05, 0) is 37.1 Å². The molecule has 2 N–H and O–H groups in total. The number of hydrogen-bond donors (Lipinski definition) is 1. The van der Waals surface area contributed by atoms with E-state index in [-0.39, 0.29) is 29.3 Å². The average molecular weight is 382 g/mol. The topological polar surface area (TPSA) is 83.7 Å². The fourth-order valence-corrected chi connectivity index (χ4v) is 4.88. The van der Waals surface area contributed by atoms with Gasteiger partial charge < -0.3 is 10.6 Å². The lowest BCUT2D eigenvalue weighted by Gasteiger charge is -2.33. The summed E-state index contributed by atoms with van der Waals surface area (Å²) in [5, 5.41) is 1.65. The van der Waals surface area contributed by atoms with Crippen molar-refractivity contribution in [3.8, 4) is 0 Å². The van der Waals surface area contributed by atoms with E-state index in [2.05, 4.69) is 0 Å². The zero-order chi connectivity index (χ0) is 16.5. The summed E-state index contributed by atoms with van der Waals surface area (Å²) in [6.45, 7) is 3.25. The van der Waals surface area contributed by atoms with E-state index in [4.69, 9.17) is 5.73 Å². The van der Waals surface area contributed by atoms with Gasteiger partial charge in [-0.1, -0.05) is 0 Å². The maximum Gasteiger partial charge on any atom is 0.265 e. The van der Waals surface area contributed by atoms with Gasteiger partial charge in [0, 0.05) is 33.2 Å². The van der Waals surface area contributed by atoms with Crippen LogP contribution in [-0.4, -0.2) is 56.8 Å². The fourth-order valence-electron chi connectivity index (χ4n) is 2.63. The number of likely N-dealkylation sites (tertiary alicyclic amines) is 1. The molecule has 1 aliphatic heterocycles. The molecule has 0 aliphatic carbocycles. The Balaban J connectivity index is 0.00000264. The van der Waals surface area contributed by atoms with Gasteiger partial charge in [0.25, 0.3) is 5.91 Å². The first-order valence-corrected chi connectivity index (χ1v) is 9.62. The average Bonchev–Trinajstić information content (AvgIpc) is 2.96. The normalized spacial score (nSPS) is 17.9. The number of amides is 1. The highest BCUT2D eigenvalue weighted by Gasteiger charge is 2.31. The van der Waals surface area contributed by atoms with Crippen LogP contribution in [0, 0.1) is 5.92 Å². The third-order valence-electron chi connectivity index (χ3n) is 4.15. The summed E-state index contributed by atoms with van der Waals surface area (Å²) in [6, 6.07) is 1.63. The first kappa shape index (κ1) is 20.4. The number of rotatable bonds is 4. The lowest BCUT2D eigenvalue weighted by Crippen LogP contribution is -2.42. The molecule has 1 unspecified atom stereocenters. The van der Waals surface area contributed by atoms with Crippen LogP contribution in [0.5, 0.6) is 0 Å². The van der Waals surface area contributed by atoms with Gasteiger partial charge in [-0.3, -0.25) is 4.79 Å². The van der Waals surface area contributed by atoms with Crippen molar-refractivity contribution in [3.05, 3.63) is 16.3 Å². The van der Waals surface area contributed by atoms with Gasteiger partial charge in [-0.15, -0.1) is 23.7 Å². The number of sulfonamides is 1. The van der Waals surface area contributed by atoms with Crippen molar-refractivity contribution in [2.24, 2.45) is 11.7 Å². The van der Waals surface area contributed by atoms with E-state index in [9.17, 15) is 13.2 Å². The number of nitrogens with zero attached hydrogens (tertiary/aromatic N) is 2. The van der Waals surface area contributed by atoms with E-state index >= 15 is 0 Å². The SMILES string of the molecule is CC(N)C1CCN(C(=O)c2sccc2S(=O)(=O)N(C)C)CC1.Cl. The molecular weight excluding hydrogens is 358 g/mol. The molecule has 0 saturated carbocycles. The monoisotopic (exact) mass is 381 g/mol. The minimum Gasteiger partial charge on any atom is -0.338 e. The minimum atomic E-state index is -3.60. The van der Waals surface area contributed by atoms with E-state index in [1.807, 2.05) is 6.92 Å². The first-order valence-electron chi connectivity index (χ1n) is 7.30. The Morgan fingerprint density at radius 1 is 1.39 bits per heavy atom. The number of nitrogens with two attached hydrogens (primary N) is 1. The van der Waals surface area contributed by atoms with Crippen molar-refractivity contribution in [1.29, 1.82) is 0 Å². The Morgan fingerprint density at radius 2 is 1.96 bits per heavy atom. The van der Waals surface area contributed by atoms with Gasteiger partial charge in [0.05, 0.1) is 0 Å². The van der Waals surface area contributed by atoms with Crippen LogP contribution >= 0.6 is 23.7 Å². The van der Waals surface area contributed by atoms with Gasteiger partial charge in [-0.25, -0.2) is 12.7 Å². The predicted molar refractivity (Wildman–Crippen MR) is 94.7 cm³/mol. The summed E-state index contributed by atoms with van der Waals surface area (Å²) in [4.78, 5) is 14.8. The Bertz CT molecular complexity index is 635. The van der Waals surface area contributed by atoms with Crippen LogP contribution < -0.4 is 5.73 Å². The molecule has 0 spiro atoms. The Hall–Kier alpha value is -0.670. The van der Waals surface area contributed by atoms with Crippen molar-refractivity contribution >= 4 is 39.7 Å². The van der Waals surface area contributed by atoms with Gasteiger partial charge >= 0.3 is 0 Å². The number of piperidine rings is 1. The van der Waals surface area contributed by atoms with Crippen molar-refractivity contribution < 1.29 is 13.2 Å². The molecule has 1 saturated heterocycles. The molecule has 0 bridgehead atoms. The third kappa shape index (κ3) is 4.24. The van der Waals surface area contributed by atoms with Crippen LogP contribution in [0.3, 0.4) is 0 Å². The zero-order valence-electron chi connectivity index (χ0n) is 13.6. The number of halogens is 1. The highest BCUT2D eigenvalue weighted by molar-refractivity contribution is 7.89. The highest BCUT2D eigenvalue weighted by atomic mass is 35.5. The molecule has 1 fully saturated rings. The predicted octanol–water partition coefficient (Wildman–Crippen LogP) is 1.62. The quantitative estimate of drug-likeness (QED) is 0.858. The van der Waals surface area contributed by atoms with Gasteiger partial charge in [0.1, 0.15) is 9.77 Å². The van der Waals surface area contributed by atoms with Gasteiger partial charge in [0.2, 0.25) is 10.0 Å². The Labute approximate surface area is 148 Å². The lowest BCUT2D eigenvalue weighted by molar-refractivity contribution is 0.0682. The highest BCUT2D eigenvalue weighted by Crippen LogP contribution is 2.28. The summed E-state index contributed by atoms with van der Waals surface area (Å²) in [7, 11) is -0.661. The summed E-state index contributed by atoms with van der Waals surface area (Å²) in [5.74, 6) is 0.232. The van der Waals surface area contributed by atoms with Crippen LogP contribution in [0.25, 0.3) is 0 Å². The number of carbonyl (C=O) groups excluding carboxylic acids is 1. The largest absolute Gasteiger partial charge is 0.338 e. The van der Waals surface area contributed by atoms with E-state index < -0.39 is 10.0 Å². The number of thiophene rings is 1. The molecule has 2 heterocycles. The van der Waals surface area contributed by atoms with Crippen molar-refractivity contribution in [1.82, 2.24) is 9.21 Å². The standard InChI is InChI=1S/C14H23N3O3S2.ClH/c1-10(15)11-4-7-17(8-5-11)14(18)13-12(6-9-21-13)22(19,20)16(2)3;/h6,9-11H,4-5,7-8,15H2,1-3H3;1H. The first-order chi connectivity index (χ1) is 10.2. The van der Waals surface area contributed by atoms with Crippen molar-refractivity contribution in [2.75, 3.05) is 27.2 Å². The smallest absolute Gasteiger partial charge is 0.265 e. The van der Waals surface area contributed by atoms with Crippen molar-refractivity contribution in [2.45, 2.75) is 30.7 Å². The van der Waals surface area contributed by atoms with E-state index in [1.165, 1.54) is 31.5 Å². The second kappa shape index (κ2) is 7.94. The second-order valence-electron chi connectivity index (χ2n) is 5.89. The molecule has 1 aliphatic rings. The number of hydrogen-bond acceptors (Lipinski definition) is 5. The molecule has 1 aromatic heterocycles. The lowest BCUT2D eigenvalue weighted by atomic mass is 9.91. The molecule has 6 nitrogen and oxygen atoms in total. The van der Waals surface area contributed by atoms with Crippen LogP contribution in [0.4, 0.5) is 0 Å². The second-order valence-corrected chi connectivity index (χ2v) is 8.93. The van der Waals surface area contributed by atoms with Crippen LogP contribution in [0.1, 0.15) is 29.4 Å². The van der Waals surface area contributed by atoms with Crippen molar-refractivity contribution in [3.63, 3.8) is 0 Å². The third-order valence-corrected chi connectivity index (χ3v) is 7.04. The molecular formula is C14H24ClN3O3S2. The van der Waals surface area contributed by atoms with Crippen LogP contribution in [0.2, 0.25) is 0 Å². The molecule has 132 valence electrons. The molecule has 1 aromatic rings.